The van der Waals surface area contributed by atoms with Crippen molar-refractivity contribution in [3.05, 3.63) is 56.6 Å². The number of phenolic OH excluding ortho intramolecular Hbond substituents is 2. The molecule has 12 heteroatoms. The Morgan fingerprint density at radius 3 is 1.08 bits per heavy atom. The number of nitrogens with zero attached hydrogens (tertiary/aromatic N) is 2. The van der Waals surface area contributed by atoms with Crippen molar-refractivity contribution >= 4 is 24.1 Å². The van der Waals surface area contributed by atoms with Crippen molar-refractivity contribution in [2.45, 2.75) is 208 Å². The van der Waals surface area contributed by atoms with E-state index in [1.165, 1.54) is 14.2 Å². The average Bonchev–Trinajstić information content (AvgIpc) is 3.10. The summed E-state index contributed by atoms with van der Waals surface area (Å²) in [5.41, 5.74) is -0.825. The fraction of sp³-hybridized carbons (Fsp3) is 0.686. The van der Waals surface area contributed by atoms with Crippen molar-refractivity contribution in [2.24, 2.45) is 5.41 Å². The third kappa shape index (κ3) is 9.95. The van der Waals surface area contributed by atoms with Crippen LogP contribution in [0.4, 0.5) is 9.59 Å². The number of hydrogen-bond acceptors (Lipinski definition) is 10. The zero-order chi connectivity index (χ0) is 48.4. The number of benzene rings is 2. The van der Waals surface area contributed by atoms with Gasteiger partial charge < -0.3 is 29.2 Å². The summed E-state index contributed by atoms with van der Waals surface area (Å²) in [7, 11) is 2.68. The normalized spacial score (nSPS) is 19.0. The van der Waals surface area contributed by atoms with Crippen LogP contribution in [0.25, 0.3) is 0 Å². The van der Waals surface area contributed by atoms with Crippen LogP contribution in [0.2, 0.25) is 0 Å². The molecule has 0 aromatic heterocycles. The maximum atomic E-state index is 15.8. The van der Waals surface area contributed by atoms with Crippen molar-refractivity contribution in [2.75, 3.05) is 14.2 Å². The average molecular weight is 879 g/mol. The number of likely N-dealkylation sites (tertiary alicyclic amines) is 2. The molecule has 0 unspecified atom stereocenters. The van der Waals surface area contributed by atoms with Crippen LogP contribution in [0, 0.1) is 33.1 Å². The van der Waals surface area contributed by atoms with Gasteiger partial charge in [0.15, 0.2) is 5.41 Å². The van der Waals surface area contributed by atoms with E-state index in [-0.39, 0.29) is 50.0 Å². The molecule has 63 heavy (non-hydrogen) atoms. The number of carbonyl (C=O) groups is 4. The highest BCUT2D eigenvalue weighted by molar-refractivity contribution is 6.01. The number of amides is 2. The molecular formula is C51H78N2O10. The summed E-state index contributed by atoms with van der Waals surface area (Å²) in [6.07, 6.45) is -1.79. The van der Waals surface area contributed by atoms with Crippen molar-refractivity contribution in [1.29, 1.82) is 0 Å². The summed E-state index contributed by atoms with van der Waals surface area (Å²) < 4.78 is 23.7. The van der Waals surface area contributed by atoms with Gasteiger partial charge in [-0.3, -0.25) is 19.4 Å². The first-order chi connectivity index (χ1) is 28.5. The molecule has 2 aliphatic heterocycles. The van der Waals surface area contributed by atoms with E-state index in [1.807, 2.05) is 123 Å². The molecule has 0 bridgehead atoms. The standard InChI is InChI=1S/C51H78N2O10/c1-29-21-37(45(5,6)7)39(54)31(3)35(29)27-51(28-36-30(2)22-38(46(8,9)10)40(55)32(36)4,41(56)62-33-23-47(11,12)52(43(58)60-19)48(13,14)24-33)42(57)63-34-25-49(15,16)53(44(59)61-20)50(17,18)26-34/h21-22,33-34,54-55H,23-28H2,1-20H3. The Balaban J connectivity index is 2.04. The molecule has 0 radical (unpaired) electrons. The number of carbonyl (C=O) groups excluding carboxylic acids is 4. The number of piperidine rings is 2. The van der Waals surface area contributed by atoms with Crippen LogP contribution >= 0.6 is 0 Å². The molecule has 2 aromatic carbocycles. The number of aromatic hydroxyl groups is 2. The summed E-state index contributed by atoms with van der Waals surface area (Å²) >= 11 is 0. The van der Waals surface area contributed by atoms with E-state index in [2.05, 4.69) is 0 Å². The lowest BCUT2D eigenvalue weighted by Crippen LogP contribution is -2.65. The Kier molecular flexibility index (Phi) is 13.9. The van der Waals surface area contributed by atoms with Crippen LogP contribution in [0.15, 0.2) is 12.1 Å². The first-order valence-corrected chi connectivity index (χ1v) is 22.3. The van der Waals surface area contributed by atoms with E-state index in [0.717, 1.165) is 22.3 Å². The monoisotopic (exact) mass is 879 g/mol. The Hall–Kier alpha value is -4.48. The van der Waals surface area contributed by atoms with E-state index in [9.17, 15) is 19.8 Å². The summed E-state index contributed by atoms with van der Waals surface area (Å²) in [4.78, 5) is 61.3. The first-order valence-electron chi connectivity index (χ1n) is 22.3. The predicted octanol–water partition coefficient (Wildman–Crippen LogP) is 10.4. The Labute approximate surface area is 377 Å². The largest absolute Gasteiger partial charge is 0.507 e. The van der Waals surface area contributed by atoms with Crippen molar-refractivity contribution < 1.29 is 48.3 Å². The molecule has 0 atom stereocenters. The van der Waals surface area contributed by atoms with Crippen LogP contribution in [-0.4, -0.2) is 92.7 Å². The van der Waals surface area contributed by atoms with Gasteiger partial charge in [0.1, 0.15) is 23.7 Å². The molecular weight excluding hydrogens is 801 g/mol. The highest BCUT2D eigenvalue weighted by Crippen LogP contribution is 2.47. The molecule has 352 valence electrons. The molecule has 0 aliphatic carbocycles. The Bertz CT molecular complexity index is 1930. The van der Waals surface area contributed by atoms with E-state index in [4.69, 9.17) is 18.9 Å². The van der Waals surface area contributed by atoms with Crippen LogP contribution in [-0.2, 0) is 52.2 Å². The number of esters is 2. The quantitative estimate of drug-likeness (QED) is 0.149. The lowest BCUT2D eigenvalue weighted by molar-refractivity contribution is -0.187. The number of methoxy groups -OCH3 is 2. The third-order valence-corrected chi connectivity index (χ3v) is 13.7. The highest BCUT2D eigenvalue weighted by Gasteiger charge is 2.57. The van der Waals surface area contributed by atoms with Gasteiger partial charge in [-0.2, -0.15) is 0 Å². The first kappa shape index (κ1) is 51.2. The molecule has 0 spiro atoms. The molecule has 12 nitrogen and oxygen atoms in total. The predicted molar refractivity (Wildman–Crippen MR) is 245 cm³/mol. The molecule has 4 rings (SSSR count). The minimum Gasteiger partial charge on any atom is -0.507 e. The van der Waals surface area contributed by atoms with Gasteiger partial charge in [-0.1, -0.05) is 53.7 Å². The minimum atomic E-state index is -2.06. The van der Waals surface area contributed by atoms with E-state index in [0.29, 0.717) is 22.3 Å². The topological polar surface area (TPSA) is 152 Å². The van der Waals surface area contributed by atoms with Crippen LogP contribution in [0.1, 0.15) is 167 Å². The summed E-state index contributed by atoms with van der Waals surface area (Å²) in [5.74, 6) is -1.46. The smallest absolute Gasteiger partial charge is 0.410 e. The van der Waals surface area contributed by atoms with Gasteiger partial charge in [0, 0.05) is 60.7 Å². The second-order valence-corrected chi connectivity index (χ2v) is 23.1. The summed E-state index contributed by atoms with van der Waals surface area (Å²) in [6, 6.07) is 3.83. The Morgan fingerprint density at radius 2 is 0.841 bits per heavy atom. The summed E-state index contributed by atoms with van der Waals surface area (Å²) in [6.45, 7) is 34.7. The minimum absolute atomic E-state index is 0.0793. The maximum absolute atomic E-state index is 15.8. The molecule has 2 amide bonds. The Morgan fingerprint density at radius 1 is 0.571 bits per heavy atom. The number of hydrogen-bond donors (Lipinski definition) is 2. The second-order valence-electron chi connectivity index (χ2n) is 23.1. The molecule has 2 saturated heterocycles. The highest BCUT2D eigenvalue weighted by atomic mass is 16.6. The number of ether oxygens (including phenoxy) is 4. The van der Waals surface area contributed by atoms with Crippen LogP contribution < -0.4 is 0 Å². The second kappa shape index (κ2) is 17.1. The zero-order valence-corrected chi connectivity index (χ0v) is 42.1. The van der Waals surface area contributed by atoms with Gasteiger partial charge in [0.05, 0.1) is 14.2 Å². The lowest BCUT2D eigenvalue weighted by atomic mass is 9.71. The van der Waals surface area contributed by atoms with E-state index >= 15 is 9.59 Å². The van der Waals surface area contributed by atoms with Gasteiger partial charge in [-0.15, -0.1) is 0 Å². The number of aryl methyl sites for hydroxylation is 2. The molecule has 2 aliphatic rings. The fourth-order valence-corrected chi connectivity index (χ4v) is 11.0. The van der Waals surface area contributed by atoms with Crippen molar-refractivity contribution in [1.82, 2.24) is 9.80 Å². The number of rotatable bonds is 8. The molecule has 0 saturated carbocycles. The summed E-state index contributed by atoms with van der Waals surface area (Å²) in [5, 5.41) is 23.6. The molecule has 2 fully saturated rings. The van der Waals surface area contributed by atoms with Crippen molar-refractivity contribution in [3.63, 3.8) is 0 Å². The van der Waals surface area contributed by atoms with E-state index in [1.54, 1.807) is 23.6 Å². The molecule has 2 N–H and O–H groups in total. The fourth-order valence-electron chi connectivity index (χ4n) is 11.0. The van der Waals surface area contributed by atoms with Gasteiger partial charge >= 0.3 is 24.1 Å². The number of phenols is 2. The SMILES string of the molecule is COC(=O)N1C(C)(C)CC(OC(=O)C(Cc2c(C)cc(C(C)(C)C)c(O)c2C)(Cc2c(C)cc(C(C)(C)C)c(O)c2C)C(=O)OC2CC(C)(C)N(C(=O)OC)C(C)(C)C2)CC1(C)C. The van der Waals surface area contributed by atoms with Gasteiger partial charge in [0.2, 0.25) is 0 Å². The van der Waals surface area contributed by atoms with Gasteiger partial charge in [0.25, 0.3) is 0 Å². The van der Waals surface area contributed by atoms with E-state index < -0.39 is 74.7 Å². The van der Waals surface area contributed by atoms with Gasteiger partial charge in [-0.05, 0) is 138 Å². The van der Waals surface area contributed by atoms with Crippen LogP contribution in [0.3, 0.4) is 0 Å². The lowest BCUT2D eigenvalue weighted by Gasteiger charge is -2.54. The molecule has 2 aromatic rings. The maximum Gasteiger partial charge on any atom is 0.410 e. The third-order valence-electron chi connectivity index (χ3n) is 13.7. The van der Waals surface area contributed by atoms with Gasteiger partial charge in [-0.25, -0.2) is 9.59 Å². The zero-order valence-electron chi connectivity index (χ0n) is 42.1. The van der Waals surface area contributed by atoms with Crippen molar-refractivity contribution in [3.8, 4) is 11.5 Å². The molecule has 2 heterocycles. The van der Waals surface area contributed by atoms with Crippen LogP contribution in [0.5, 0.6) is 11.5 Å².